The van der Waals surface area contributed by atoms with Crippen molar-refractivity contribution < 1.29 is 14.3 Å². The highest BCUT2D eigenvalue weighted by molar-refractivity contribution is 6.35. The number of hydrogen-bond acceptors (Lipinski definition) is 4. The van der Waals surface area contributed by atoms with Crippen molar-refractivity contribution in [2.45, 2.75) is 13.3 Å². The van der Waals surface area contributed by atoms with Crippen molar-refractivity contribution in [1.82, 2.24) is 9.97 Å². The van der Waals surface area contributed by atoms with Crippen LogP contribution in [0, 0.1) is 5.82 Å². The van der Waals surface area contributed by atoms with Gasteiger partial charge in [-0.15, -0.1) is 0 Å². The maximum atomic E-state index is 14.1. The highest BCUT2D eigenvalue weighted by Gasteiger charge is 2.21. The first-order chi connectivity index (χ1) is 9.45. The van der Waals surface area contributed by atoms with Gasteiger partial charge < -0.3 is 10.8 Å². The highest BCUT2D eigenvalue weighted by atomic mass is 35.5. The predicted octanol–water partition coefficient (Wildman–Crippen LogP) is 2.78. The van der Waals surface area contributed by atoms with Crippen LogP contribution in [0.15, 0.2) is 18.3 Å². The average Bonchev–Trinajstić information content (AvgIpc) is 2.45. The van der Waals surface area contributed by atoms with Gasteiger partial charge in [0.25, 0.3) is 0 Å². The maximum absolute atomic E-state index is 14.1. The lowest BCUT2D eigenvalue weighted by Crippen LogP contribution is -2.08. The number of nitrogens with zero attached hydrogens (tertiary/aromatic N) is 2. The Kier molecular flexibility index (Phi) is 3.85. The molecule has 2 aromatic rings. The summed E-state index contributed by atoms with van der Waals surface area (Å²) >= 11 is 5.68. The number of aromatic nitrogens is 2. The number of anilines is 1. The normalized spacial score (nSPS) is 10.6. The highest BCUT2D eigenvalue weighted by Crippen LogP contribution is 2.31. The molecule has 0 fully saturated rings. The average molecular weight is 296 g/mol. The van der Waals surface area contributed by atoms with Gasteiger partial charge in [0.1, 0.15) is 5.69 Å². The van der Waals surface area contributed by atoms with E-state index >= 15 is 0 Å². The summed E-state index contributed by atoms with van der Waals surface area (Å²) in [7, 11) is 0. The summed E-state index contributed by atoms with van der Waals surface area (Å²) in [4.78, 5) is 18.9. The third kappa shape index (κ3) is 2.42. The van der Waals surface area contributed by atoms with Crippen LogP contribution < -0.4 is 5.73 Å². The number of carboxylic acids is 1. The van der Waals surface area contributed by atoms with Crippen LogP contribution in [-0.2, 0) is 6.42 Å². The van der Waals surface area contributed by atoms with Crippen molar-refractivity contribution in [3.63, 3.8) is 0 Å². The van der Waals surface area contributed by atoms with Gasteiger partial charge in [-0.1, -0.05) is 18.5 Å². The number of aromatic carboxylic acids is 1. The molecule has 0 radical (unpaired) electrons. The van der Waals surface area contributed by atoms with E-state index in [2.05, 4.69) is 9.97 Å². The molecule has 0 aromatic carbocycles. The van der Waals surface area contributed by atoms with E-state index < -0.39 is 28.2 Å². The van der Waals surface area contributed by atoms with Crippen LogP contribution in [0.5, 0.6) is 0 Å². The van der Waals surface area contributed by atoms with Crippen molar-refractivity contribution in [2.24, 2.45) is 0 Å². The molecule has 2 heterocycles. The number of halogens is 2. The van der Waals surface area contributed by atoms with Gasteiger partial charge in [0.05, 0.1) is 10.7 Å². The minimum absolute atomic E-state index is 0.181. The molecule has 0 aliphatic heterocycles. The summed E-state index contributed by atoms with van der Waals surface area (Å²) in [5.74, 6) is -2.23. The summed E-state index contributed by atoms with van der Waals surface area (Å²) in [6.07, 6.45) is 2.16. The zero-order valence-electron chi connectivity index (χ0n) is 10.5. The molecule has 0 spiro atoms. The van der Waals surface area contributed by atoms with Gasteiger partial charge in [0.15, 0.2) is 11.5 Å². The Morgan fingerprint density at radius 2 is 2.20 bits per heavy atom. The predicted molar refractivity (Wildman–Crippen MR) is 73.2 cm³/mol. The molecular weight excluding hydrogens is 285 g/mol. The second-order valence-electron chi connectivity index (χ2n) is 4.05. The third-order valence-corrected chi connectivity index (χ3v) is 3.16. The van der Waals surface area contributed by atoms with Crippen LogP contribution in [-0.4, -0.2) is 21.0 Å². The summed E-state index contributed by atoms with van der Waals surface area (Å²) in [6, 6.07) is 3.32. The van der Waals surface area contributed by atoms with E-state index in [1.807, 2.05) is 6.92 Å². The molecule has 20 heavy (non-hydrogen) atoms. The zero-order chi connectivity index (χ0) is 14.9. The summed E-state index contributed by atoms with van der Waals surface area (Å²) in [5, 5.41) is 8.59. The van der Waals surface area contributed by atoms with Crippen LogP contribution in [0.4, 0.5) is 10.1 Å². The molecule has 2 rings (SSSR count). The molecule has 3 N–H and O–H groups in total. The van der Waals surface area contributed by atoms with E-state index in [-0.39, 0.29) is 5.69 Å². The van der Waals surface area contributed by atoms with Crippen molar-refractivity contribution >= 4 is 23.3 Å². The molecule has 0 bridgehead atoms. The number of rotatable bonds is 3. The molecular formula is C13H11ClFN3O2. The van der Waals surface area contributed by atoms with Crippen LogP contribution in [0.3, 0.4) is 0 Å². The van der Waals surface area contributed by atoms with Gasteiger partial charge in [-0.05, 0) is 18.6 Å². The van der Waals surface area contributed by atoms with Crippen LogP contribution in [0.25, 0.3) is 11.3 Å². The van der Waals surface area contributed by atoms with E-state index in [1.165, 1.54) is 6.20 Å². The summed E-state index contributed by atoms with van der Waals surface area (Å²) in [6.45, 7) is 1.93. The first kappa shape index (κ1) is 14.2. The van der Waals surface area contributed by atoms with Crippen LogP contribution in [0.1, 0.15) is 23.1 Å². The molecule has 0 amide bonds. The monoisotopic (exact) mass is 295 g/mol. The zero-order valence-corrected chi connectivity index (χ0v) is 11.3. The first-order valence-corrected chi connectivity index (χ1v) is 6.16. The quantitative estimate of drug-likeness (QED) is 0.909. The van der Waals surface area contributed by atoms with Gasteiger partial charge in [0.2, 0.25) is 0 Å². The Morgan fingerprint density at radius 1 is 1.50 bits per heavy atom. The second-order valence-corrected chi connectivity index (χ2v) is 4.43. The number of aryl methyl sites for hydroxylation is 1. The molecule has 0 atom stereocenters. The van der Waals surface area contributed by atoms with Crippen molar-refractivity contribution in [2.75, 3.05) is 5.73 Å². The topological polar surface area (TPSA) is 89.1 Å². The molecule has 0 saturated heterocycles. The molecule has 0 aliphatic carbocycles. The van der Waals surface area contributed by atoms with Gasteiger partial charge in [-0.25, -0.2) is 14.2 Å². The smallest absolute Gasteiger partial charge is 0.356 e. The molecule has 7 heteroatoms. The Hall–Kier alpha value is -2.21. The molecule has 104 valence electrons. The van der Waals surface area contributed by atoms with Crippen molar-refractivity contribution in [3.8, 4) is 11.3 Å². The van der Waals surface area contributed by atoms with Gasteiger partial charge >= 0.3 is 5.97 Å². The van der Waals surface area contributed by atoms with Crippen molar-refractivity contribution in [3.05, 3.63) is 40.6 Å². The Bertz CT molecular complexity index is 674. The molecule has 5 nitrogen and oxygen atoms in total. The summed E-state index contributed by atoms with van der Waals surface area (Å²) < 4.78 is 14.1. The fourth-order valence-corrected chi connectivity index (χ4v) is 1.87. The van der Waals surface area contributed by atoms with Crippen LogP contribution >= 0.6 is 11.6 Å². The van der Waals surface area contributed by atoms with E-state index in [9.17, 15) is 9.18 Å². The number of carboxylic acid groups (broad SMARTS) is 1. The van der Waals surface area contributed by atoms with Gasteiger partial charge in [-0.2, -0.15) is 0 Å². The number of nitrogen functional groups attached to an aromatic ring is 1. The van der Waals surface area contributed by atoms with E-state index in [0.29, 0.717) is 5.56 Å². The SMILES string of the molecule is CCc1ccc(-c2nc(C(=O)O)c(Cl)c(N)c2F)cn1. The fourth-order valence-electron chi connectivity index (χ4n) is 1.67. The third-order valence-electron chi connectivity index (χ3n) is 2.78. The van der Waals surface area contributed by atoms with Gasteiger partial charge in [-0.3, -0.25) is 4.98 Å². The summed E-state index contributed by atoms with van der Waals surface area (Å²) in [5.41, 5.74) is 5.55. The van der Waals surface area contributed by atoms with Gasteiger partial charge in [0, 0.05) is 17.5 Å². The van der Waals surface area contributed by atoms with Crippen molar-refractivity contribution in [1.29, 1.82) is 0 Å². The van der Waals surface area contributed by atoms with E-state index in [4.69, 9.17) is 22.4 Å². The Balaban J connectivity index is 2.63. The number of pyridine rings is 2. The lowest BCUT2D eigenvalue weighted by Gasteiger charge is -2.09. The largest absolute Gasteiger partial charge is 0.476 e. The first-order valence-electron chi connectivity index (χ1n) is 5.78. The number of hydrogen-bond donors (Lipinski definition) is 2. The Morgan fingerprint density at radius 3 is 2.70 bits per heavy atom. The van der Waals surface area contributed by atoms with E-state index in [1.54, 1.807) is 12.1 Å². The maximum Gasteiger partial charge on any atom is 0.356 e. The molecule has 2 aromatic heterocycles. The number of nitrogens with two attached hydrogens (primary N) is 1. The van der Waals surface area contributed by atoms with E-state index in [0.717, 1.165) is 12.1 Å². The molecule has 0 aliphatic rings. The van der Waals surface area contributed by atoms with Crippen LogP contribution in [0.2, 0.25) is 5.02 Å². The lowest BCUT2D eigenvalue weighted by atomic mass is 10.1. The fraction of sp³-hybridized carbons (Fsp3) is 0.154. The number of carbonyl (C=O) groups is 1. The minimum atomic E-state index is -1.37. The lowest BCUT2D eigenvalue weighted by molar-refractivity contribution is 0.0691. The standard InChI is InChI=1S/C13H11ClFN3O2/c1-2-7-4-3-6(5-17-7)11-9(15)10(16)8(14)12(18-11)13(19)20/h3-5H,2H2,1H3,(H2,16,18)(H,19,20). The molecule has 0 saturated carbocycles. The minimum Gasteiger partial charge on any atom is -0.476 e. The molecule has 0 unspecified atom stereocenters. The Labute approximate surface area is 119 Å². The second kappa shape index (κ2) is 5.42.